The molecular weight excluding hydrogens is 442 g/mol. The lowest BCUT2D eigenvalue weighted by Crippen LogP contribution is -2.50. The number of benzene rings is 2. The van der Waals surface area contributed by atoms with Crippen molar-refractivity contribution in [3.8, 4) is 5.69 Å². The molecule has 1 fully saturated rings. The summed E-state index contributed by atoms with van der Waals surface area (Å²) < 4.78 is 29.6. The number of nitrogens with zero attached hydrogens (tertiary/aromatic N) is 7. The third-order valence-corrected chi connectivity index (χ3v) is 7.61. The Hall–Kier alpha value is -3.70. The van der Waals surface area contributed by atoms with E-state index in [9.17, 15) is 13.2 Å². The number of tetrazole rings is 1. The molecule has 1 amide bonds. The molecule has 0 atom stereocenters. The van der Waals surface area contributed by atoms with Crippen LogP contribution in [0.15, 0.2) is 66.0 Å². The van der Waals surface area contributed by atoms with Crippen LogP contribution in [-0.2, 0) is 10.0 Å². The number of para-hydroxylation sites is 2. The lowest BCUT2D eigenvalue weighted by Gasteiger charge is -2.34. The third kappa shape index (κ3) is 3.85. The van der Waals surface area contributed by atoms with E-state index < -0.39 is 10.0 Å². The summed E-state index contributed by atoms with van der Waals surface area (Å²) >= 11 is 0. The van der Waals surface area contributed by atoms with Gasteiger partial charge in [-0.25, -0.2) is 8.42 Å². The molecule has 1 saturated heterocycles. The van der Waals surface area contributed by atoms with Gasteiger partial charge in [0.15, 0.2) is 0 Å². The van der Waals surface area contributed by atoms with E-state index in [4.69, 9.17) is 0 Å². The molecule has 10 nitrogen and oxygen atoms in total. The number of hydrogen-bond donors (Lipinski definition) is 0. The van der Waals surface area contributed by atoms with E-state index in [0.29, 0.717) is 16.8 Å². The highest BCUT2D eigenvalue weighted by molar-refractivity contribution is 7.89. The van der Waals surface area contributed by atoms with Gasteiger partial charge in [0, 0.05) is 37.8 Å². The van der Waals surface area contributed by atoms with Gasteiger partial charge in [-0.1, -0.05) is 24.3 Å². The molecule has 0 spiro atoms. The number of amides is 1. The minimum Gasteiger partial charge on any atom is -0.336 e. The van der Waals surface area contributed by atoms with Gasteiger partial charge in [-0.3, -0.25) is 9.78 Å². The van der Waals surface area contributed by atoms with E-state index in [1.165, 1.54) is 15.3 Å². The summed E-state index contributed by atoms with van der Waals surface area (Å²) in [5, 5.41) is 11.9. The van der Waals surface area contributed by atoms with Gasteiger partial charge in [0.2, 0.25) is 10.0 Å². The van der Waals surface area contributed by atoms with Gasteiger partial charge in [0.05, 0.1) is 16.8 Å². The Kier molecular flexibility index (Phi) is 5.35. The number of aryl methyl sites for hydroxylation is 1. The Bertz CT molecular complexity index is 1430. The van der Waals surface area contributed by atoms with Crippen molar-refractivity contribution >= 4 is 26.8 Å². The SMILES string of the molecule is Cc1cnc2c(S(=O)(=O)N3CCN(C(=O)c4ccccc4-n4cnnn4)CC3)cccc2c1. The van der Waals surface area contributed by atoms with Gasteiger partial charge in [0.1, 0.15) is 11.2 Å². The zero-order valence-electron chi connectivity index (χ0n) is 17.9. The molecule has 33 heavy (non-hydrogen) atoms. The van der Waals surface area contributed by atoms with E-state index >= 15 is 0 Å². The predicted molar refractivity (Wildman–Crippen MR) is 120 cm³/mol. The Labute approximate surface area is 190 Å². The van der Waals surface area contributed by atoms with Crippen molar-refractivity contribution in [2.75, 3.05) is 26.2 Å². The summed E-state index contributed by atoms with van der Waals surface area (Å²) in [5.41, 5.74) is 2.44. The fraction of sp³-hybridized carbons (Fsp3) is 0.227. The highest BCUT2D eigenvalue weighted by Gasteiger charge is 2.32. The number of piperazine rings is 1. The number of hydrogen-bond acceptors (Lipinski definition) is 7. The number of carbonyl (C=O) groups excluding carboxylic acids is 1. The molecule has 2 aromatic heterocycles. The maximum Gasteiger partial charge on any atom is 0.256 e. The summed E-state index contributed by atoms with van der Waals surface area (Å²) in [4.78, 5) is 19.4. The van der Waals surface area contributed by atoms with Crippen LogP contribution in [0.2, 0.25) is 0 Å². The molecule has 3 heterocycles. The normalized spacial score (nSPS) is 15.1. The molecule has 11 heteroatoms. The molecule has 0 aliphatic carbocycles. The molecule has 168 valence electrons. The van der Waals surface area contributed by atoms with Gasteiger partial charge in [-0.2, -0.15) is 8.99 Å². The first kappa shape index (κ1) is 21.2. The maximum absolute atomic E-state index is 13.4. The first-order valence-electron chi connectivity index (χ1n) is 10.4. The van der Waals surface area contributed by atoms with Crippen LogP contribution in [0.25, 0.3) is 16.6 Å². The fourth-order valence-electron chi connectivity index (χ4n) is 4.02. The average molecular weight is 464 g/mol. The molecular formula is C22H21N7O3S. The predicted octanol–water partition coefficient (Wildman–Crippen LogP) is 1.67. The number of aromatic nitrogens is 5. The Morgan fingerprint density at radius 3 is 2.55 bits per heavy atom. The summed E-state index contributed by atoms with van der Waals surface area (Å²) in [6, 6.07) is 14.1. The highest BCUT2D eigenvalue weighted by Crippen LogP contribution is 2.26. The molecule has 5 rings (SSSR count). The van der Waals surface area contributed by atoms with Gasteiger partial charge < -0.3 is 4.90 Å². The Morgan fingerprint density at radius 2 is 1.79 bits per heavy atom. The summed E-state index contributed by atoms with van der Waals surface area (Å²) in [5.74, 6) is -0.194. The highest BCUT2D eigenvalue weighted by atomic mass is 32.2. The van der Waals surface area contributed by atoms with Crippen LogP contribution in [0.4, 0.5) is 0 Å². The monoisotopic (exact) mass is 463 g/mol. The number of fused-ring (bicyclic) bond motifs is 1. The Balaban J connectivity index is 1.37. The molecule has 2 aromatic carbocycles. The van der Waals surface area contributed by atoms with Crippen molar-refractivity contribution < 1.29 is 13.2 Å². The van der Waals surface area contributed by atoms with Gasteiger partial charge >= 0.3 is 0 Å². The third-order valence-electron chi connectivity index (χ3n) is 5.68. The zero-order valence-corrected chi connectivity index (χ0v) is 18.7. The van der Waals surface area contributed by atoms with Crippen molar-refractivity contribution in [1.29, 1.82) is 0 Å². The number of rotatable bonds is 4. The lowest BCUT2D eigenvalue weighted by molar-refractivity contribution is 0.0697. The van der Waals surface area contributed by atoms with Crippen molar-refractivity contribution in [1.82, 2.24) is 34.4 Å². The van der Waals surface area contributed by atoms with Crippen LogP contribution >= 0.6 is 0 Å². The molecule has 0 bridgehead atoms. The largest absolute Gasteiger partial charge is 0.336 e. The fourth-order valence-corrected chi connectivity index (χ4v) is 5.61. The van der Waals surface area contributed by atoms with Crippen molar-refractivity contribution in [2.24, 2.45) is 0 Å². The van der Waals surface area contributed by atoms with E-state index in [1.54, 1.807) is 47.5 Å². The average Bonchev–Trinajstić information content (AvgIpc) is 3.38. The number of carbonyl (C=O) groups is 1. The lowest BCUT2D eigenvalue weighted by atomic mass is 10.1. The van der Waals surface area contributed by atoms with Gasteiger partial charge in [-0.15, -0.1) is 5.10 Å². The molecule has 0 radical (unpaired) electrons. The van der Waals surface area contributed by atoms with E-state index in [0.717, 1.165) is 10.9 Å². The standard InChI is InChI=1S/C22H21N7O3S/c1-16-13-17-5-4-8-20(21(17)23-14-16)33(31,32)28-11-9-27(10-12-28)22(30)18-6-2-3-7-19(18)29-15-24-25-26-29/h2-8,13-15H,9-12H2,1H3. The van der Waals surface area contributed by atoms with Crippen LogP contribution in [0.3, 0.4) is 0 Å². The molecule has 0 unspecified atom stereocenters. The van der Waals surface area contributed by atoms with E-state index in [-0.39, 0.29) is 37.0 Å². The number of sulfonamides is 1. The Morgan fingerprint density at radius 1 is 1.00 bits per heavy atom. The van der Waals surface area contributed by atoms with Crippen LogP contribution in [0.1, 0.15) is 15.9 Å². The van der Waals surface area contributed by atoms with Crippen molar-refractivity contribution in [3.63, 3.8) is 0 Å². The topological polar surface area (TPSA) is 114 Å². The first-order chi connectivity index (χ1) is 15.9. The van der Waals surface area contributed by atoms with Crippen LogP contribution in [0, 0.1) is 6.92 Å². The second kappa shape index (κ2) is 8.34. The van der Waals surface area contributed by atoms with Gasteiger partial charge in [-0.05, 0) is 47.2 Å². The smallest absolute Gasteiger partial charge is 0.256 e. The summed E-state index contributed by atoms with van der Waals surface area (Å²) in [6.45, 7) is 2.87. The second-order valence-corrected chi connectivity index (χ2v) is 9.71. The molecule has 1 aliphatic heterocycles. The molecule has 4 aromatic rings. The van der Waals surface area contributed by atoms with Crippen LogP contribution in [0.5, 0.6) is 0 Å². The van der Waals surface area contributed by atoms with E-state index in [2.05, 4.69) is 20.5 Å². The van der Waals surface area contributed by atoms with Gasteiger partial charge in [0.25, 0.3) is 5.91 Å². The molecule has 0 N–H and O–H groups in total. The molecule has 1 aliphatic rings. The minimum absolute atomic E-state index is 0.184. The second-order valence-electron chi connectivity index (χ2n) is 7.81. The maximum atomic E-state index is 13.4. The van der Waals surface area contributed by atoms with E-state index in [1.807, 2.05) is 19.1 Å². The quantitative estimate of drug-likeness (QED) is 0.452. The van der Waals surface area contributed by atoms with Crippen molar-refractivity contribution in [3.05, 3.63) is 72.2 Å². The van der Waals surface area contributed by atoms with Crippen LogP contribution < -0.4 is 0 Å². The number of pyridine rings is 1. The zero-order chi connectivity index (χ0) is 23.0. The summed E-state index contributed by atoms with van der Waals surface area (Å²) in [7, 11) is -3.76. The minimum atomic E-state index is -3.76. The summed E-state index contributed by atoms with van der Waals surface area (Å²) in [6.07, 6.45) is 3.09. The molecule has 0 saturated carbocycles. The van der Waals surface area contributed by atoms with Crippen molar-refractivity contribution in [2.45, 2.75) is 11.8 Å². The first-order valence-corrected chi connectivity index (χ1v) is 11.9. The van der Waals surface area contributed by atoms with Crippen LogP contribution in [-0.4, -0.2) is 74.9 Å².